The molecule has 1 atom stereocenters. The molecule has 1 heterocycles. The molecule has 4 heteroatoms. The molecule has 1 aromatic carbocycles. The minimum Gasteiger partial charge on any atom is -0.356 e. The summed E-state index contributed by atoms with van der Waals surface area (Å²) in [5.41, 5.74) is 1.40. The van der Waals surface area contributed by atoms with E-state index in [2.05, 4.69) is 64.7 Å². The van der Waals surface area contributed by atoms with Crippen LogP contribution in [0.5, 0.6) is 0 Å². The molecule has 0 amide bonds. The summed E-state index contributed by atoms with van der Waals surface area (Å²) in [4.78, 5) is 6.93. The van der Waals surface area contributed by atoms with Crippen LogP contribution in [0.15, 0.2) is 35.3 Å². The first-order valence-electron chi connectivity index (χ1n) is 9.94. The number of aliphatic imine (C=N–C) groups is 1. The first-order valence-corrected chi connectivity index (χ1v) is 9.94. The Hall–Kier alpha value is -1.55. The van der Waals surface area contributed by atoms with Crippen LogP contribution in [0, 0.1) is 5.92 Å². The molecule has 25 heavy (non-hydrogen) atoms. The first kappa shape index (κ1) is 19.8. The maximum atomic E-state index is 4.38. The van der Waals surface area contributed by atoms with Gasteiger partial charge in [-0.2, -0.15) is 0 Å². The van der Waals surface area contributed by atoms with Crippen molar-refractivity contribution in [1.82, 2.24) is 15.5 Å². The van der Waals surface area contributed by atoms with E-state index in [1.165, 1.54) is 44.5 Å². The average molecular weight is 345 g/mol. The molecule has 0 aromatic heterocycles. The van der Waals surface area contributed by atoms with Gasteiger partial charge in [0.15, 0.2) is 5.96 Å². The van der Waals surface area contributed by atoms with E-state index in [9.17, 15) is 0 Å². The predicted molar refractivity (Wildman–Crippen MR) is 108 cm³/mol. The Morgan fingerprint density at radius 2 is 1.96 bits per heavy atom. The zero-order chi connectivity index (χ0) is 17.9. The van der Waals surface area contributed by atoms with Gasteiger partial charge in [-0.3, -0.25) is 4.99 Å². The molecule has 0 aliphatic carbocycles. The van der Waals surface area contributed by atoms with E-state index in [0.717, 1.165) is 31.3 Å². The van der Waals surface area contributed by atoms with Crippen LogP contribution in [-0.2, 0) is 6.42 Å². The molecule has 0 spiro atoms. The average Bonchev–Trinajstić information content (AvgIpc) is 2.67. The molecule has 1 aliphatic rings. The molecule has 1 unspecified atom stereocenters. The van der Waals surface area contributed by atoms with Gasteiger partial charge in [0, 0.05) is 19.6 Å². The van der Waals surface area contributed by atoms with Crippen molar-refractivity contribution in [2.75, 3.05) is 33.2 Å². The van der Waals surface area contributed by atoms with Crippen molar-refractivity contribution in [3.8, 4) is 0 Å². The van der Waals surface area contributed by atoms with E-state index in [-0.39, 0.29) is 0 Å². The molecule has 2 N–H and O–H groups in total. The third kappa shape index (κ3) is 7.47. The van der Waals surface area contributed by atoms with Gasteiger partial charge in [0.2, 0.25) is 0 Å². The van der Waals surface area contributed by atoms with Crippen molar-refractivity contribution >= 4 is 5.96 Å². The van der Waals surface area contributed by atoms with Crippen molar-refractivity contribution in [3.05, 3.63) is 35.9 Å². The zero-order valence-electron chi connectivity index (χ0n) is 16.3. The van der Waals surface area contributed by atoms with E-state index < -0.39 is 0 Å². The number of nitrogens with one attached hydrogen (secondary N) is 2. The Kier molecular flexibility index (Phi) is 8.81. The van der Waals surface area contributed by atoms with Crippen LogP contribution in [0.3, 0.4) is 0 Å². The van der Waals surface area contributed by atoms with Crippen LogP contribution in [0.1, 0.15) is 45.1 Å². The maximum absolute atomic E-state index is 4.38. The summed E-state index contributed by atoms with van der Waals surface area (Å²) in [6.45, 7) is 9.24. The second-order valence-corrected chi connectivity index (χ2v) is 7.23. The van der Waals surface area contributed by atoms with Crippen LogP contribution < -0.4 is 10.6 Å². The van der Waals surface area contributed by atoms with Crippen molar-refractivity contribution < 1.29 is 0 Å². The van der Waals surface area contributed by atoms with Gasteiger partial charge in [0.1, 0.15) is 0 Å². The summed E-state index contributed by atoms with van der Waals surface area (Å²) in [5.74, 6) is 1.80. The molecule has 1 saturated heterocycles. The van der Waals surface area contributed by atoms with Gasteiger partial charge in [0.05, 0.1) is 0 Å². The van der Waals surface area contributed by atoms with Crippen LogP contribution >= 0.6 is 0 Å². The van der Waals surface area contributed by atoms with Gasteiger partial charge >= 0.3 is 0 Å². The fourth-order valence-corrected chi connectivity index (χ4v) is 3.51. The normalized spacial score (nSPS) is 18.1. The van der Waals surface area contributed by atoms with Crippen LogP contribution in [0.25, 0.3) is 0 Å². The lowest BCUT2D eigenvalue weighted by atomic mass is 9.93. The first-order chi connectivity index (χ1) is 12.2. The number of benzene rings is 1. The minimum atomic E-state index is 0.416. The lowest BCUT2D eigenvalue weighted by Gasteiger charge is -2.31. The molecular formula is C21H36N4. The number of likely N-dealkylation sites (tertiary alicyclic amines) is 1. The Morgan fingerprint density at radius 1 is 1.24 bits per heavy atom. The lowest BCUT2D eigenvalue weighted by molar-refractivity contribution is 0.187. The fraction of sp³-hybridized carbons (Fsp3) is 0.667. The van der Waals surface area contributed by atoms with E-state index in [0.29, 0.717) is 6.04 Å². The monoisotopic (exact) mass is 344 g/mol. The molecule has 2 rings (SSSR count). The quantitative estimate of drug-likeness (QED) is 0.561. The maximum Gasteiger partial charge on any atom is 0.191 e. The van der Waals surface area contributed by atoms with Crippen LogP contribution in [0.2, 0.25) is 0 Å². The minimum absolute atomic E-state index is 0.416. The highest BCUT2D eigenvalue weighted by atomic mass is 15.2. The molecule has 4 nitrogen and oxygen atoms in total. The number of hydrogen-bond donors (Lipinski definition) is 2. The second-order valence-electron chi connectivity index (χ2n) is 7.23. The number of guanidine groups is 1. The highest BCUT2D eigenvalue weighted by Crippen LogP contribution is 2.19. The summed E-state index contributed by atoms with van der Waals surface area (Å²) in [7, 11) is 1.86. The predicted octanol–water partition coefficient (Wildman–Crippen LogP) is 3.29. The number of hydrogen-bond acceptors (Lipinski definition) is 2. The third-order valence-corrected chi connectivity index (χ3v) is 5.31. The smallest absolute Gasteiger partial charge is 0.191 e. The van der Waals surface area contributed by atoms with E-state index in [1.54, 1.807) is 0 Å². The fourth-order valence-electron chi connectivity index (χ4n) is 3.51. The SMILES string of the molecule is CCN1CCC(CCNC(=NC)NC(C)CCc2ccccc2)CC1. The Balaban J connectivity index is 1.61. The number of nitrogens with zero attached hydrogens (tertiary/aromatic N) is 2. The van der Waals surface area contributed by atoms with E-state index in [1.807, 2.05) is 7.05 Å². The third-order valence-electron chi connectivity index (χ3n) is 5.31. The van der Waals surface area contributed by atoms with Gasteiger partial charge in [0.25, 0.3) is 0 Å². The molecule has 1 fully saturated rings. The molecule has 1 aromatic rings. The lowest BCUT2D eigenvalue weighted by Crippen LogP contribution is -2.43. The molecule has 0 radical (unpaired) electrons. The number of rotatable bonds is 8. The van der Waals surface area contributed by atoms with Crippen molar-refractivity contribution in [2.45, 2.75) is 52.0 Å². The summed E-state index contributed by atoms with van der Waals surface area (Å²) < 4.78 is 0. The molecular weight excluding hydrogens is 308 g/mol. The summed E-state index contributed by atoms with van der Waals surface area (Å²) in [6.07, 6.45) is 6.14. The van der Waals surface area contributed by atoms with Crippen LogP contribution in [-0.4, -0.2) is 50.1 Å². The Labute approximate surface area is 154 Å². The van der Waals surface area contributed by atoms with Crippen molar-refractivity contribution in [3.63, 3.8) is 0 Å². The van der Waals surface area contributed by atoms with Crippen molar-refractivity contribution in [2.24, 2.45) is 10.9 Å². The van der Waals surface area contributed by atoms with Gasteiger partial charge < -0.3 is 15.5 Å². The number of aryl methyl sites for hydroxylation is 1. The summed E-state index contributed by atoms with van der Waals surface area (Å²) >= 11 is 0. The molecule has 0 bridgehead atoms. The zero-order valence-corrected chi connectivity index (χ0v) is 16.3. The molecule has 140 valence electrons. The summed E-state index contributed by atoms with van der Waals surface area (Å²) in [6, 6.07) is 11.1. The second kappa shape index (κ2) is 11.1. The van der Waals surface area contributed by atoms with Crippen LogP contribution in [0.4, 0.5) is 0 Å². The largest absolute Gasteiger partial charge is 0.356 e. The van der Waals surface area contributed by atoms with Gasteiger partial charge in [-0.25, -0.2) is 0 Å². The molecule has 1 aliphatic heterocycles. The molecule has 0 saturated carbocycles. The van der Waals surface area contributed by atoms with Gasteiger partial charge in [-0.1, -0.05) is 37.3 Å². The standard InChI is InChI=1S/C21H36N4/c1-4-25-16-13-20(14-17-25)12-15-23-21(22-3)24-18(2)10-11-19-8-6-5-7-9-19/h5-9,18,20H,4,10-17H2,1-3H3,(H2,22,23,24). The topological polar surface area (TPSA) is 39.7 Å². The highest BCUT2D eigenvalue weighted by Gasteiger charge is 2.17. The number of piperidine rings is 1. The van der Waals surface area contributed by atoms with E-state index >= 15 is 0 Å². The summed E-state index contributed by atoms with van der Waals surface area (Å²) in [5, 5.41) is 7.02. The van der Waals surface area contributed by atoms with Crippen molar-refractivity contribution in [1.29, 1.82) is 0 Å². The Bertz CT molecular complexity index is 492. The highest BCUT2D eigenvalue weighted by molar-refractivity contribution is 5.79. The van der Waals surface area contributed by atoms with Gasteiger partial charge in [-0.05, 0) is 70.1 Å². The Morgan fingerprint density at radius 3 is 2.60 bits per heavy atom. The van der Waals surface area contributed by atoms with Gasteiger partial charge in [-0.15, -0.1) is 0 Å². The van der Waals surface area contributed by atoms with E-state index in [4.69, 9.17) is 0 Å².